The highest BCUT2D eigenvalue weighted by Crippen LogP contribution is 2.30. The summed E-state index contributed by atoms with van der Waals surface area (Å²) >= 11 is 0. The van der Waals surface area contributed by atoms with Crippen molar-refractivity contribution in [2.45, 2.75) is 31.3 Å². The van der Waals surface area contributed by atoms with Crippen LogP contribution in [0.1, 0.15) is 34.8 Å². The van der Waals surface area contributed by atoms with E-state index in [2.05, 4.69) is 10.3 Å². The molecule has 1 atom stereocenters. The Kier molecular flexibility index (Phi) is 5.64. The number of carbonyl (C=O) groups excluding carboxylic acids is 1. The summed E-state index contributed by atoms with van der Waals surface area (Å²) in [6, 6.07) is 6.33. The fraction of sp³-hybridized carbons (Fsp3) is 0.444. The average molecular weight is 392 g/mol. The molecule has 1 aromatic heterocycles. The standard InChI is InChI=1S/C18H24N4O4S/c1-13-4-6-15(7-5-13)27(24,25)22-10-9-21-12-16(20-17(21)14(22)2)18(23)19-8-11-26-3/h4-7,12,14H,8-11H2,1-3H3,(H,19,23)/t14-/m0/s1. The van der Waals surface area contributed by atoms with Crippen molar-refractivity contribution in [3.05, 3.63) is 47.5 Å². The molecule has 0 saturated carbocycles. The van der Waals surface area contributed by atoms with E-state index < -0.39 is 16.1 Å². The predicted molar refractivity (Wildman–Crippen MR) is 99.9 cm³/mol. The summed E-state index contributed by atoms with van der Waals surface area (Å²) < 4.78 is 34.3. The van der Waals surface area contributed by atoms with Gasteiger partial charge in [-0.2, -0.15) is 4.31 Å². The van der Waals surface area contributed by atoms with Crippen molar-refractivity contribution in [2.75, 3.05) is 26.8 Å². The van der Waals surface area contributed by atoms with Gasteiger partial charge in [0.1, 0.15) is 11.5 Å². The number of fused-ring (bicyclic) bond motifs is 1. The topological polar surface area (TPSA) is 93.5 Å². The van der Waals surface area contributed by atoms with Gasteiger partial charge in [0.2, 0.25) is 10.0 Å². The number of sulfonamides is 1. The molecule has 2 heterocycles. The van der Waals surface area contributed by atoms with E-state index >= 15 is 0 Å². The Labute approximate surface area is 159 Å². The zero-order chi connectivity index (χ0) is 19.6. The van der Waals surface area contributed by atoms with Gasteiger partial charge in [-0.3, -0.25) is 4.79 Å². The molecular formula is C18H24N4O4S. The third-order valence-corrected chi connectivity index (χ3v) is 6.61. The summed E-state index contributed by atoms with van der Waals surface area (Å²) in [5.41, 5.74) is 1.28. The highest BCUT2D eigenvalue weighted by molar-refractivity contribution is 7.89. The second-order valence-electron chi connectivity index (χ2n) is 6.53. The van der Waals surface area contributed by atoms with Crippen molar-refractivity contribution in [3.63, 3.8) is 0 Å². The zero-order valence-electron chi connectivity index (χ0n) is 15.7. The summed E-state index contributed by atoms with van der Waals surface area (Å²) in [5, 5.41) is 2.72. The lowest BCUT2D eigenvalue weighted by atomic mass is 10.2. The van der Waals surface area contributed by atoms with Crippen LogP contribution in [0, 0.1) is 6.92 Å². The van der Waals surface area contributed by atoms with Gasteiger partial charge in [-0.25, -0.2) is 13.4 Å². The lowest BCUT2D eigenvalue weighted by Crippen LogP contribution is -2.41. The van der Waals surface area contributed by atoms with E-state index in [4.69, 9.17) is 4.74 Å². The van der Waals surface area contributed by atoms with Crippen LogP contribution in [0.4, 0.5) is 0 Å². The Bertz CT molecular complexity index is 921. The smallest absolute Gasteiger partial charge is 0.271 e. The van der Waals surface area contributed by atoms with Gasteiger partial charge in [0.15, 0.2) is 0 Å². The molecule has 1 aliphatic rings. The van der Waals surface area contributed by atoms with Crippen LogP contribution in [0.3, 0.4) is 0 Å². The van der Waals surface area contributed by atoms with Gasteiger partial charge in [0.05, 0.1) is 17.5 Å². The lowest BCUT2D eigenvalue weighted by molar-refractivity contribution is 0.0932. The quantitative estimate of drug-likeness (QED) is 0.749. The van der Waals surface area contributed by atoms with E-state index in [0.29, 0.717) is 32.1 Å². The first kappa shape index (κ1) is 19.5. The van der Waals surface area contributed by atoms with Crippen molar-refractivity contribution in [2.24, 2.45) is 0 Å². The van der Waals surface area contributed by atoms with Crippen LogP contribution in [0.2, 0.25) is 0 Å². The summed E-state index contributed by atoms with van der Waals surface area (Å²) in [5.74, 6) is 0.267. The number of benzene rings is 1. The lowest BCUT2D eigenvalue weighted by Gasteiger charge is -2.32. The normalized spacial score (nSPS) is 17.5. The summed E-state index contributed by atoms with van der Waals surface area (Å²) in [6.07, 6.45) is 1.67. The SMILES string of the molecule is COCCNC(=O)c1cn2c(n1)[C@H](C)N(S(=O)(=O)c1ccc(C)cc1)CC2. The van der Waals surface area contributed by atoms with Gasteiger partial charge >= 0.3 is 0 Å². The van der Waals surface area contributed by atoms with E-state index in [0.717, 1.165) is 5.56 Å². The largest absolute Gasteiger partial charge is 0.383 e. The second kappa shape index (κ2) is 7.79. The van der Waals surface area contributed by atoms with Gasteiger partial charge in [-0.1, -0.05) is 17.7 Å². The summed E-state index contributed by atoms with van der Waals surface area (Å²) in [6.45, 7) is 5.28. The molecule has 0 saturated heterocycles. The van der Waals surface area contributed by atoms with Crippen molar-refractivity contribution < 1.29 is 17.9 Å². The number of aromatic nitrogens is 2. The van der Waals surface area contributed by atoms with Gasteiger partial charge in [-0.05, 0) is 26.0 Å². The van der Waals surface area contributed by atoms with Crippen LogP contribution in [-0.2, 0) is 21.3 Å². The number of aryl methyl sites for hydroxylation is 1. The fourth-order valence-corrected chi connectivity index (χ4v) is 4.70. The fourth-order valence-electron chi connectivity index (χ4n) is 3.11. The van der Waals surface area contributed by atoms with Crippen molar-refractivity contribution in [3.8, 4) is 0 Å². The number of carbonyl (C=O) groups is 1. The Morgan fingerprint density at radius 2 is 2.00 bits per heavy atom. The Balaban J connectivity index is 1.82. The van der Waals surface area contributed by atoms with Gasteiger partial charge < -0.3 is 14.6 Å². The second-order valence-corrected chi connectivity index (χ2v) is 8.42. The van der Waals surface area contributed by atoms with E-state index in [1.807, 2.05) is 11.5 Å². The number of hydrogen-bond donors (Lipinski definition) is 1. The average Bonchev–Trinajstić information content (AvgIpc) is 3.08. The first-order valence-corrected chi connectivity index (χ1v) is 10.2. The number of ether oxygens (including phenoxy) is 1. The van der Waals surface area contributed by atoms with Crippen LogP contribution in [0.25, 0.3) is 0 Å². The number of hydrogen-bond acceptors (Lipinski definition) is 5. The number of rotatable bonds is 6. The molecule has 146 valence electrons. The maximum Gasteiger partial charge on any atom is 0.271 e. The highest BCUT2D eigenvalue weighted by atomic mass is 32.2. The van der Waals surface area contributed by atoms with Crippen LogP contribution in [-0.4, -0.2) is 55.0 Å². The van der Waals surface area contributed by atoms with Crippen molar-refractivity contribution in [1.82, 2.24) is 19.2 Å². The molecule has 2 aromatic rings. The Morgan fingerprint density at radius 1 is 1.30 bits per heavy atom. The molecule has 1 aromatic carbocycles. The van der Waals surface area contributed by atoms with Crippen LogP contribution in [0.5, 0.6) is 0 Å². The summed E-state index contributed by atoms with van der Waals surface area (Å²) in [4.78, 5) is 16.8. The Hall–Kier alpha value is -2.23. The summed E-state index contributed by atoms with van der Waals surface area (Å²) in [7, 11) is -2.07. The van der Waals surface area contributed by atoms with Crippen LogP contribution >= 0.6 is 0 Å². The first-order chi connectivity index (χ1) is 12.8. The highest BCUT2D eigenvalue weighted by Gasteiger charge is 2.35. The molecule has 1 N–H and O–H groups in total. The molecule has 0 radical (unpaired) electrons. The minimum atomic E-state index is -3.64. The number of methoxy groups -OCH3 is 1. The number of nitrogens with zero attached hydrogens (tertiary/aromatic N) is 3. The zero-order valence-corrected chi connectivity index (χ0v) is 16.5. The molecule has 3 rings (SSSR count). The van der Waals surface area contributed by atoms with E-state index in [9.17, 15) is 13.2 Å². The molecule has 9 heteroatoms. The molecule has 1 aliphatic heterocycles. The molecule has 0 bridgehead atoms. The van der Waals surface area contributed by atoms with E-state index in [-0.39, 0.29) is 16.5 Å². The predicted octanol–water partition coefficient (Wildman–Crippen LogP) is 1.33. The number of amides is 1. The minimum Gasteiger partial charge on any atom is -0.383 e. The van der Waals surface area contributed by atoms with Gasteiger partial charge in [-0.15, -0.1) is 0 Å². The molecule has 1 amide bonds. The molecular weight excluding hydrogens is 368 g/mol. The van der Waals surface area contributed by atoms with Gasteiger partial charge in [0.25, 0.3) is 5.91 Å². The minimum absolute atomic E-state index is 0.262. The Morgan fingerprint density at radius 3 is 2.67 bits per heavy atom. The molecule has 8 nitrogen and oxygen atoms in total. The van der Waals surface area contributed by atoms with Crippen LogP contribution < -0.4 is 5.32 Å². The third-order valence-electron chi connectivity index (χ3n) is 4.63. The molecule has 0 aliphatic carbocycles. The monoisotopic (exact) mass is 392 g/mol. The van der Waals surface area contributed by atoms with Crippen LogP contribution in [0.15, 0.2) is 35.4 Å². The number of imidazole rings is 1. The molecule has 0 unspecified atom stereocenters. The molecule has 0 fully saturated rings. The van der Waals surface area contributed by atoms with E-state index in [1.165, 1.54) is 4.31 Å². The maximum absolute atomic E-state index is 13.0. The van der Waals surface area contributed by atoms with Gasteiger partial charge in [0, 0.05) is 32.9 Å². The van der Waals surface area contributed by atoms with E-state index in [1.54, 1.807) is 44.5 Å². The van der Waals surface area contributed by atoms with Crippen molar-refractivity contribution in [1.29, 1.82) is 0 Å². The maximum atomic E-state index is 13.0. The first-order valence-electron chi connectivity index (χ1n) is 8.77. The molecule has 0 spiro atoms. The third kappa shape index (κ3) is 3.90. The molecule has 27 heavy (non-hydrogen) atoms. The van der Waals surface area contributed by atoms with Crippen molar-refractivity contribution >= 4 is 15.9 Å². The number of nitrogens with one attached hydrogen (secondary N) is 1.